The van der Waals surface area contributed by atoms with Gasteiger partial charge in [-0.25, -0.2) is 4.98 Å². The van der Waals surface area contributed by atoms with E-state index in [1.54, 1.807) is 18.6 Å². The van der Waals surface area contributed by atoms with Crippen LogP contribution in [0.2, 0.25) is 0 Å². The van der Waals surface area contributed by atoms with E-state index in [9.17, 15) is 4.79 Å². The van der Waals surface area contributed by atoms with Crippen LogP contribution in [0.25, 0.3) is 0 Å². The highest BCUT2D eigenvalue weighted by molar-refractivity contribution is 5.93. The van der Waals surface area contributed by atoms with Gasteiger partial charge in [0.15, 0.2) is 11.5 Å². The molecule has 2 aromatic rings. The molecule has 0 atom stereocenters. The van der Waals surface area contributed by atoms with Crippen LogP contribution in [0.5, 0.6) is 11.5 Å². The smallest absolute Gasteiger partial charge is 0.251 e. The zero-order chi connectivity index (χ0) is 19.0. The highest BCUT2D eigenvalue weighted by Crippen LogP contribution is 2.47. The number of anilines is 2. The van der Waals surface area contributed by atoms with Crippen molar-refractivity contribution in [1.29, 1.82) is 0 Å². The number of carbonyl (C=O) groups excluding carboxylic acids is 1. The number of piperidine rings is 1. The molecule has 1 aromatic carbocycles. The second-order valence-electron chi connectivity index (χ2n) is 7.80. The van der Waals surface area contributed by atoms with Crippen molar-refractivity contribution in [2.24, 2.45) is 5.92 Å². The van der Waals surface area contributed by atoms with Gasteiger partial charge >= 0.3 is 0 Å². The van der Waals surface area contributed by atoms with Crippen LogP contribution in [-0.2, 0) is 4.79 Å². The fourth-order valence-electron chi connectivity index (χ4n) is 4.36. The van der Waals surface area contributed by atoms with Crippen molar-refractivity contribution in [3.8, 4) is 11.5 Å². The van der Waals surface area contributed by atoms with E-state index in [-0.39, 0.29) is 11.8 Å². The van der Waals surface area contributed by atoms with Crippen molar-refractivity contribution in [2.75, 3.05) is 23.3 Å². The van der Waals surface area contributed by atoms with Crippen LogP contribution < -0.4 is 19.7 Å². The van der Waals surface area contributed by atoms with Crippen LogP contribution in [-0.4, -0.2) is 34.8 Å². The lowest BCUT2D eigenvalue weighted by Gasteiger charge is -2.31. The Morgan fingerprint density at radius 1 is 1.11 bits per heavy atom. The number of carbonyl (C=O) groups is 1. The molecule has 0 bridgehead atoms. The van der Waals surface area contributed by atoms with Gasteiger partial charge in [0.2, 0.25) is 5.91 Å². The van der Waals surface area contributed by atoms with E-state index in [1.807, 2.05) is 18.2 Å². The van der Waals surface area contributed by atoms with Gasteiger partial charge < -0.3 is 19.7 Å². The first-order valence-electron chi connectivity index (χ1n) is 10.0. The first kappa shape index (κ1) is 17.3. The summed E-state index contributed by atoms with van der Waals surface area (Å²) in [4.78, 5) is 23.4. The Hall–Kier alpha value is -2.83. The molecule has 7 heteroatoms. The fraction of sp³-hybridized carbons (Fsp3) is 0.476. The van der Waals surface area contributed by atoms with E-state index in [2.05, 4.69) is 20.2 Å². The Morgan fingerprint density at radius 2 is 1.89 bits per heavy atom. The van der Waals surface area contributed by atoms with Crippen molar-refractivity contribution >= 4 is 17.4 Å². The van der Waals surface area contributed by atoms with Gasteiger partial charge in [-0.05, 0) is 37.8 Å². The van der Waals surface area contributed by atoms with Gasteiger partial charge in [-0.1, -0.05) is 0 Å². The summed E-state index contributed by atoms with van der Waals surface area (Å²) in [5.41, 5.74) is 0.763. The molecule has 1 aliphatic carbocycles. The van der Waals surface area contributed by atoms with Gasteiger partial charge in [0.05, 0.1) is 6.20 Å². The number of hydrogen-bond donors (Lipinski definition) is 1. The van der Waals surface area contributed by atoms with Crippen LogP contribution in [0.1, 0.15) is 38.5 Å². The van der Waals surface area contributed by atoms with Crippen LogP contribution in [0.15, 0.2) is 36.8 Å². The van der Waals surface area contributed by atoms with Crippen molar-refractivity contribution < 1.29 is 14.3 Å². The number of benzene rings is 1. The molecule has 2 aliphatic heterocycles. The van der Waals surface area contributed by atoms with E-state index in [0.29, 0.717) is 0 Å². The van der Waals surface area contributed by atoms with Gasteiger partial charge in [0.1, 0.15) is 5.82 Å². The second kappa shape index (κ2) is 6.96. The molecule has 1 aromatic heterocycles. The van der Waals surface area contributed by atoms with Crippen molar-refractivity contribution in [3.05, 3.63) is 36.8 Å². The predicted molar refractivity (Wildman–Crippen MR) is 104 cm³/mol. The van der Waals surface area contributed by atoms with Gasteiger partial charge in [-0.3, -0.25) is 9.78 Å². The van der Waals surface area contributed by atoms with Crippen LogP contribution >= 0.6 is 0 Å². The molecule has 2 fully saturated rings. The average molecular weight is 380 g/mol. The first-order chi connectivity index (χ1) is 13.7. The maximum absolute atomic E-state index is 12.7. The number of nitrogens with zero attached hydrogens (tertiary/aromatic N) is 3. The number of fused-ring (bicyclic) bond motifs is 1. The minimum absolute atomic E-state index is 0.000446. The van der Waals surface area contributed by atoms with E-state index >= 15 is 0 Å². The molecule has 1 spiro atoms. The van der Waals surface area contributed by atoms with Crippen molar-refractivity contribution in [1.82, 2.24) is 9.97 Å². The number of ether oxygens (including phenoxy) is 2. The third-order valence-corrected chi connectivity index (χ3v) is 5.91. The topological polar surface area (TPSA) is 76.6 Å². The molecule has 3 aliphatic rings. The van der Waals surface area contributed by atoms with Gasteiger partial charge in [-0.2, -0.15) is 0 Å². The Balaban J connectivity index is 1.19. The fourth-order valence-corrected chi connectivity index (χ4v) is 4.36. The molecular formula is C21H24N4O3. The van der Waals surface area contributed by atoms with Gasteiger partial charge in [0, 0.05) is 56.0 Å². The summed E-state index contributed by atoms with van der Waals surface area (Å²) < 4.78 is 12.1. The molecule has 3 heterocycles. The monoisotopic (exact) mass is 380 g/mol. The molecule has 1 saturated heterocycles. The Labute approximate surface area is 164 Å². The predicted octanol–water partition coefficient (Wildman–Crippen LogP) is 3.37. The van der Waals surface area contributed by atoms with Crippen molar-refractivity contribution in [2.45, 2.75) is 44.3 Å². The Morgan fingerprint density at radius 3 is 2.64 bits per heavy atom. The summed E-state index contributed by atoms with van der Waals surface area (Å²) in [5, 5.41) is 3.05. The van der Waals surface area contributed by atoms with Crippen molar-refractivity contribution in [3.63, 3.8) is 0 Å². The number of amides is 1. The Kier molecular flexibility index (Phi) is 4.30. The highest BCUT2D eigenvalue weighted by Gasteiger charge is 2.44. The average Bonchev–Trinajstić information content (AvgIpc) is 3.34. The third kappa shape index (κ3) is 3.25. The lowest BCUT2D eigenvalue weighted by atomic mass is 9.96. The first-order valence-corrected chi connectivity index (χ1v) is 10.0. The standard InChI is InChI=1S/C21H24N4O3/c26-20(15-5-11-25(12-6-15)19-14-22-9-10-23-19)24-16-3-4-17-18(13-16)28-21(27-17)7-1-2-8-21/h3-4,9-10,13-15H,1-2,5-8,11-12H2,(H,24,26). The van der Waals surface area contributed by atoms with Gasteiger partial charge in [-0.15, -0.1) is 0 Å². The molecule has 146 valence electrons. The summed E-state index contributed by atoms with van der Waals surface area (Å²) in [6.07, 6.45) is 10.8. The summed E-state index contributed by atoms with van der Waals surface area (Å²) in [5.74, 6) is 1.97. The summed E-state index contributed by atoms with van der Waals surface area (Å²) in [6, 6.07) is 5.67. The number of aromatic nitrogens is 2. The van der Waals surface area contributed by atoms with E-state index < -0.39 is 5.79 Å². The SMILES string of the molecule is O=C(Nc1ccc2c(c1)OC1(CCCC1)O2)C1CCN(c2cnccn2)CC1. The van der Waals surface area contributed by atoms with E-state index in [0.717, 1.165) is 74.6 Å². The van der Waals surface area contributed by atoms with Gasteiger partial charge in [0.25, 0.3) is 5.79 Å². The largest absolute Gasteiger partial charge is 0.448 e. The molecule has 1 amide bonds. The number of rotatable bonds is 3. The molecule has 1 saturated carbocycles. The zero-order valence-corrected chi connectivity index (χ0v) is 15.8. The lowest BCUT2D eigenvalue weighted by Crippen LogP contribution is -2.38. The molecule has 5 rings (SSSR count). The Bertz CT molecular complexity index is 859. The van der Waals surface area contributed by atoms with Crippen LogP contribution in [0, 0.1) is 5.92 Å². The molecule has 0 radical (unpaired) electrons. The zero-order valence-electron chi connectivity index (χ0n) is 15.8. The maximum Gasteiger partial charge on any atom is 0.251 e. The van der Waals surface area contributed by atoms with E-state index in [1.165, 1.54) is 0 Å². The molecule has 0 unspecified atom stereocenters. The van der Waals surface area contributed by atoms with Crippen LogP contribution in [0.4, 0.5) is 11.5 Å². The third-order valence-electron chi connectivity index (χ3n) is 5.91. The normalized spacial score (nSPS) is 20.5. The molecular weight excluding hydrogens is 356 g/mol. The molecule has 28 heavy (non-hydrogen) atoms. The molecule has 1 N–H and O–H groups in total. The summed E-state index contributed by atoms with van der Waals surface area (Å²) in [6.45, 7) is 1.61. The number of hydrogen-bond acceptors (Lipinski definition) is 6. The highest BCUT2D eigenvalue weighted by atomic mass is 16.7. The summed E-state index contributed by atoms with van der Waals surface area (Å²) >= 11 is 0. The van der Waals surface area contributed by atoms with Crippen LogP contribution in [0.3, 0.4) is 0 Å². The second-order valence-corrected chi connectivity index (χ2v) is 7.80. The molecule has 7 nitrogen and oxygen atoms in total. The van der Waals surface area contributed by atoms with E-state index in [4.69, 9.17) is 9.47 Å². The number of nitrogens with one attached hydrogen (secondary N) is 1. The quantitative estimate of drug-likeness (QED) is 0.880. The minimum atomic E-state index is -0.474. The maximum atomic E-state index is 12.7. The summed E-state index contributed by atoms with van der Waals surface area (Å²) in [7, 11) is 0. The lowest BCUT2D eigenvalue weighted by molar-refractivity contribution is -0.120. The minimum Gasteiger partial charge on any atom is -0.448 e.